The molecule has 0 unspecified atom stereocenters. The fourth-order valence-electron chi connectivity index (χ4n) is 6.18. The number of Topliss-reactive ketones (excluding diaryl/α,β-unsaturated/α-hetero) is 2. The normalized spacial score (nSPS) is 18.5. The van der Waals surface area contributed by atoms with Crippen molar-refractivity contribution in [3.8, 4) is 11.1 Å². The Morgan fingerprint density at radius 1 is 0.932 bits per heavy atom. The number of aliphatic imine (C=N–C) groups is 1. The largest absolute Gasteiger partial charge is 0.330 e. The lowest BCUT2D eigenvalue weighted by atomic mass is 9.77. The monoisotopic (exact) mass is 591 g/mol. The fourth-order valence-corrected chi connectivity index (χ4v) is 6.18. The van der Waals surface area contributed by atoms with Crippen LogP contribution in [-0.2, 0) is 16.0 Å². The van der Waals surface area contributed by atoms with Crippen LogP contribution in [0.25, 0.3) is 11.1 Å². The van der Waals surface area contributed by atoms with Gasteiger partial charge in [0.25, 0.3) is 0 Å². The number of nitrogens with two attached hydrogens (primary N) is 1. The van der Waals surface area contributed by atoms with Crippen molar-refractivity contribution in [2.45, 2.75) is 58.8 Å². The lowest BCUT2D eigenvalue weighted by Gasteiger charge is -2.27. The summed E-state index contributed by atoms with van der Waals surface area (Å²) in [6.07, 6.45) is 4.75. The molecule has 3 aromatic rings. The highest BCUT2D eigenvalue weighted by Crippen LogP contribution is 2.31. The number of hydrogen-bond donors (Lipinski definition) is 2. The Morgan fingerprint density at radius 3 is 2.25 bits per heavy atom. The molecule has 5 rings (SSSR count). The number of nitrogens with zero attached hydrogens (tertiary/aromatic N) is 3. The molecule has 1 aliphatic carbocycles. The molecule has 3 aromatic carbocycles. The van der Waals surface area contributed by atoms with Gasteiger partial charge in [-0.25, -0.2) is 4.99 Å². The molecule has 0 bridgehead atoms. The van der Waals surface area contributed by atoms with Crippen LogP contribution in [0.5, 0.6) is 0 Å². The van der Waals surface area contributed by atoms with Crippen molar-refractivity contribution in [1.82, 2.24) is 0 Å². The van der Waals surface area contributed by atoms with Gasteiger partial charge >= 0.3 is 0 Å². The number of anilines is 1. The Bertz CT molecular complexity index is 1550. The second kappa shape index (κ2) is 14.4. The maximum Gasteiger partial charge on any atom is 0.228 e. The third kappa shape index (κ3) is 7.61. The zero-order valence-corrected chi connectivity index (χ0v) is 25.6. The van der Waals surface area contributed by atoms with Gasteiger partial charge in [-0.05, 0) is 104 Å². The lowest BCUT2D eigenvalue weighted by molar-refractivity contribution is -0.129. The van der Waals surface area contributed by atoms with E-state index in [0.717, 1.165) is 59.1 Å². The molecular weight excluding hydrogens is 550 g/mol. The summed E-state index contributed by atoms with van der Waals surface area (Å²) in [5, 5.41) is 11.0. The number of carbonyl (C=O) groups excluding carboxylic acids is 3. The standard InChI is InChI=1S/C36H41N5O3/c1-3-33(42)29-14-17-32(23(2)18-29)26-8-4-24(5-9-26)19-30(20-34(43)27-10-6-25(21-37)7-11-27)36(44)40-31-15-12-28(13-16-31)35-38-22-39-41-35/h4-5,8-9,12-18,25,27,30H,3,6-7,10-11,19-22,37H2,1-2H3,(H,40,44)/t25?,27?,30-/m1/s1. The van der Waals surface area contributed by atoms with Gasteiger partial charge in [0.15, 0.2) is 18.3 Å². The summed E-state index contributed by atoms with van der Waals surface area (Å²) in [5.41, 5.74) is 12.2. The Morgan fingerprint density at radius 2 is 1.64 bits per heavy atom. The van der Waals surface area contributed by atoms with Crippen molar-refractivity contribution in [3.63, 3.8) is 0 Å². The minimum absolute atomic E-state index is 0.0124. The van der Waals surface area contributed by atoms with Gasteiger partial charge in [-0.2, -0.15) is 5.11 Å². The number of azo groups is 1. The number of ketones is 2. The minimum Gasteiger partial charge on any atom is -0.330 e. The van der Waals surface area contributed by atoms with E-state index in [4.69, 9.17) is 5.73 Å². The topological polar surface area (TPSA) is 126 Å². The maximum absolute atomic E-state index is 13.7. The smallest absolute Gasteiger partial charge is 0.228 e. The molecule has 1 aliphatic heterocycles. The molecule has 8 nitrogen and oxygen atoms in total. The van der Waals surface area contributed by atoms with E-state index in [9.17, 15) is 14.4 Å². The highest BCUT2D eigenvalue weighted by molar-refractivity contribution is 6.01. The molecule has 0 aromatic heterocycles. The van der Waals surface area contributed by atoms with Gasteiger partial charge in [0.05, 0.1) is 0 Å². The Balaban J connectivity index is 1.31. The molecule has 228 valence electrons. The van der Waals surface area contributed by atoms with Gasteiger partial charge in [-0.3, -0.25) is 14.4 Å². The number of aryl methyl sites for hydroxylation is 1. The van der Waals surface area contributed by atoms with E-state index in [0.29, 0.717) is 43.5 Å². The summed E-state index contributed by atoms with van der Waals surface area (Å²) in [7, 11) is 0. The van der Waals surface area contributed by atoms with Gasteiger partial charge in [0.1, 0.15) is 5.78 Å². The van der Waals surface area contributed by atoms with Crippen LogP contribution >= 0.6 is 0 Å². The van der Waals surface area contributed by atoms with Crippen molar-refractivity contribution in [2.75, 3.05) is 18.5 Å². The summed E-state index contributed by atoms with van der Waals surface area (Å²) in [4.78, 5) is 43.5. The van der Waals surface area contributed by atoms with E-state index < -0.39 is 5.92 Å². The Kier molecular flexibility index (Phi) is 10.2. The van der Waals surface area contributed by atoms with Crippen LogP contribution in [0.15, 0.2) is 82.0 Å². The quantitative estimate of drug-likeness (QED) is 0.221. The average Bonchev–Trinajstić information content (AvgIpc) is 3.60. The molecule has 1 atom stereocenters. The summed E-state index contributed by atoms with van der Waals surface area (Å²) in [6, 6.07) is 21.4. The van der Waals surface area contributed by atoms with Crippen molar-refractivity contribution >= 4 is 29.0 Å². The first-order valence-corrected chi connectivity index (χ1v) is 15.6. The van der Waals surface area contributed by atoms with Crippen LogP contribution in [0, 0.1) is 24.7 Å². The number of rotatable bonds is 12. The number of amides is 1. The van der Waals surface area contributed by atoms with Crippen LogP contribution in [0.3, 0.4) is 0 Å². The van der Waals surface area contributed by atoms with Gasteiger partial charge in [0.2, 0.25) is 5.91 Å². The van der Waals surface area contributed by atoms with Crippen LogP contribution in [-0.4, -0.2) is 36.5 Å². The van der Waals surface area contributed by atoms with E-state index in [1.54, 1.807) is 0 Å². The number of amidine groups is 1. The Labute approximate surface area is 259 Å². The maximum atomic E-state index is 13.7. The highest BCUT2D eigenvalue weighted by atomic mass is 16.2. The second-order valence-electron chi connectivity index (χ2n) is 12.0. The van der Waals surface area contributed by atoms with Crippen LogP contribution in [0.1, 0.15) is 72.5 Å². The molecule has 0 spiro atoms. The van der Waals surface area contributed by atoms with Gasteiger partial charge in [-0.15, -0.1) is 5.11 Å². The molecule has 0 saturated heterocycles. The van der Waals surface area contributed by atoms with Crippen molar-refractivity contribution in [3.05, 3.63) is 89.0 Å². The molecule has 0 radical (unpaired) electrons. The van der Waals surface area contributed by atoms with Crippen molar-refractivity contribution in [1.29, 1.82) is 0 Å². The predicted octanol–water partition coefficient (Wildman–Crippen LogP) is 6.95. The van der Waals surface area contributed by atoms with Crippen LogP contribution < -0.4 is 11.1 Å². The zero-order chi connectivity index (χ0) is 31.1. The molecule has 1 fully saturated rings. The number of benzene rings is 3. The van der Waals surface area contributed by atoms with Crippen LogP contribution in [0.4, 0.5) is 5.69 Å². The second-order valence-corrected chi connectivity index (χ2v) is 12.0. The average molecular weight is 592 g/mol. The van der Waals surface area contributed by atoms with Crippen LogP contribution in [0.2, 0.25) is 0 Å². The number of nitrogens with one attached hydrogen (secondary N) is 1. The summed E-state index contributed by atoms with van der Waals surface area (Å²) < 4.78 is 0. The van der Waals surface area contributed by atoms with E-state index in [1.807, 2.05) is 80.6 Å². The molecule has 2 aliphatic rings. The van der Waals surface area contributed by atoms with Crippen molar-refractivity contribution in [2.24, 2.45) is 38.7 Å². The molecule has 1 amide bonds. The van der Waals surface area contributed by atoms with E-state index >= 15 is 0 Å². The highest BCUT2D eigenvalue weighted by Gasteiger charge is 2.30. The zero-order valence-electron chi connectivity index (χ0n) is 25.6. The molecule has 44 heavy (non-hydrogen) atoms. The molecule has 8 heteroatoms. The number of carbonyl (C=O) groups is 3. The van der Waals surface area contributed by atoms with Gasteiger partial charge in [0, 0.05) is 41.5 Å². The third-order valence-electron chi connectivity index (χ3n) is 8.93. The third-order valence-corrected chi connectivity index (χ3v) is 8.93. The fraction of sp³-hybridized carbons (Fsp3) is 0.389. The first-order chi connectivity index (χ1) is 21.3. The molecular formula is C36H41N5O3. The Hall–Kier alpha value is -4.30. The van der Waals surface area contributed by atoms with Gasteiger partial charge < -0.3 is 11.1 Å². The molecule has 1 heterocycles. The summed E-state index contributed by atoms with van der Waals surface area (Å²) in [6.45, 7) is 4.88. The first kappa shape index (κ1) is 31.1. The number of hydrogen-bond acceptors (Lipinski definition) is 7. The van der Waals surface area contributed by atoms with E-state index in [-0.39, 0.29) is 29.8 Å². The van der Waals surface area contributed by atoms with E-state index in [2.05, 4.69) is 20.5 Å². The SMILES string of the molecule is CCC(=O)c1ccc(-c2ccc(C[C@H](CC(=O)C3CCC(CN)CC3)C(=O)Nc3ccc(C4=NCN=N4)cc3)cc2)c(C)c1. The molecule has 3 N–H and O–H groups in total. The minimum atomic E-state index is -0.505. The summed E-state index contributed by atoms with van der Waals surface area (Å²) >= 11 is 0. The van der Waals surface area contributed by atoms with Gasteiger partial charge in [-0.1, -0.05) is 43.3 Å². The van der Waals surface area contributed by atoms with E-state index in [1.165, 1.54) is 0 Å². The predicted molar refractivity (Wildman–Crippen MR) is 174 cm³/mol. The van der Waals surface area contributed by atoms with Crippen molar-refractivity contribution < 1.29 is 14.4 Å². The molecule has 1 saturated carbocycles. The summed E-state index contributed by atoms with van der Waals surface area (Å²) in [5.74, 6) is 0.677. The first-order valence-electron chi connectivity index (χ1n) is 15.6. The lowest BCUT2D eigenvalue weighted by Crippen LogP contribution is -2.31.